The zero-order chi connectivity index (χ0) is 26.8. The van der Waals surface area contributed by atoms with Crippen LogP contribution < -0.4 is 10.6 Å². The SMILES string of the molecule is CCCCCCCCCCCCCCCCCCCCCC(=O)Nc1cccc(C(=O)NCCOC)c1. The van der Waals surface area contributed by atoms with Gasteiger partial charge in [0.15, 0.2) is 0 Å². The van der Waals surface area contributed by atoms with Gasteiger partial charge in [0.2, 0.25) is 5.91 Å². The Hall–Kier alpha value is -1.88. The number of anilines is 1. The van der Waals surface area contributed by atoms with E-state index >= 15 is 0 Å². The first-order valence-electron chi connectivity index (χ1n) is 15.3. The first-order chi connectivity index (χ1) is 18.2. The number of nitrogens with one attached hydrogen (secondary N) is 2. The molecule has 5 heteroatoms. The van der Waals surface area contributed by atoms with Crippen molar-refractivity contribution in [1.29, 1.82) is 0 Å². The number of methoxy groups -OCH3 is 1. The van der Waals surface area contributed by atoms with Gasteiger partial charge in [-0.3, -0.25) is 9.59 Å². The van der Waals surface area contributed by atoms with E-state index in [-0.39, 0.29) is 11.8 Å². The lowest BCUT2D eigenvalue weighted by Crippen LogP contribution is -2.27. The van der Waals surface area contributed by atoms with Crippen molar-refractivity contribution >= 4 is 17.5 Å². The summed E-state index contributed by atoms with van der Waals surface area (Å²) in [5.41, 5.74) is 1.21. The number of hydrogen-bond acceptors (Lipinski definition) is 3. The monoisotopic (exact) mass is 516 g/mol. The Bertz CT molecular complexity index is 692. The molecule has 0 aliphatic heterocycles. The fourth-order valence-corrected chi connectivity index (χ4v) is 4.69. The average molecular weight is 517 g/mol. The highest BCUT2D eigenvalue weighted by atomic mass is 16.5. The molecule has 2 amide bonds. The van der Waals surface area contributed by atoms with E-state index in [0.717, 1.165) is 12.8 Å². The predicted octanol–water partition coefficient (Wildman–Crippen LogP) is 8.82. The summed E-state index contributed by atoms with van der Waals surface area (Å²) >= 11 is 0. The van der Waals surface area contributed by atoms with E-state index in [4.69, 9.17) is 4.74 Å². The van der Waals surface area contributed by atoms with Crippen molar-refractivity contribution in [3.63, 3.8) is 0 Å². The van der Waals surface area contributed by atoms with Crippen LogP contribution in [0.2, 0.25) is 0 Å². The Labute approximate surface area is 227 Å². The molecule has 0 heterocycles. The number of unbranched alkanes of at least 4 members (excludes halogenated alkanes) is 18. The van der Waals surface area contributed by atoms with Crippen LogP contribution in [-0.2, 0) is 9.53 Å². The molecule has 0 unspecified atom stereocenters. The molecule has 0 bridgehead atoms. The molecular formula is C32H56N2O3. The highest BCUT2D eigenvalue weighted by molar-refractivity contribution is 5.97. The number of rotatable bonds is 25. The summed E-state index contributed by atoms with van der Waals surface area (Å²) in [6.07, 6.45) is 26.1. The lowest BCUT2D eigenvalue weighted by Gasteiger charge is -2.08. The van der Waals surface area contributed by atoms with E-state index in [1.807, 2.05) is 6.07 Å². The molecule has 0 fully saturated rings. The van der Waals surface area contributed by atoms with Gasteiger partial charge in [0.25, 0.3) is 5.91 Å². The topological polar surface area (TPSA) is 67.4 Å². The Morgan fingerprint density at radius 3 is 1.68 bits per heavy atom. The highest BCUT2D eigenvalue weighted by Gasteiger charge is 2.07. The van der Waals surface area contributed by atoms with E-state index in [1.54, 1.807) is 25.3 Å². The zero-order valence-electron chi connectivity index (χ0n) is 24.1. The van der Waals surface area contributed by atoms with Gasteiger partial charge in [-0.25, -0.2) is 0 Å². The molecule has 37 heavy (non-hydrogen) atoms. The van der Waals surface area contributed by atoms with Crippen LogP contribution in [0.25, 0.3) is 0 Å². The third-order valence-corrected chi connectivity index (χ3v) is 7.01. The molecule has 0 aliphatic carbocycles. The number of carbonyl (C=O) groups excluding carboxylic acids is 2. The van der Waals surface area contributed by atoms with E-state index in [1.165, 1.54) is 109 Å². The first-order valence-corrected chi connectivity index (χ1v) is 15.3. The maximum absolute atomic E-state index is 12.3. The molecule has 0 saturated carbocycles. The van der Waals surface area contributed by atoms with Crippen LogP contribution in [0.3, 0.4) is 0 Å². The maximum Gasteiger partial charge on any atom is 0.251 e. The largest absolute Gasteiger partial charge is 0.383 e. The van der Waals surface area contributed by atoms with Gasteiger partial charge in [-0.15, -0.1) is 0 Å². The summed E-state index contributed by atoms with van der Waals surface area (Å²) in [5.74, 6) is -0.143. The van der Waals surface area contributed by atoms with Crippen LogP contribution in [0.5, 0.6) is 0 Å². The molecule has 0 aliphatic rings. The Kier molecular flexibility index (Phi) is 21.9. The Morgan fingerprint density at radius 1 is 0.703 bits per heavy atom. The van der Waals surface area contributed by atoms with Crippen LogP contribution in [0, 0.1) is 0 Å². The molecule has 5 nitrogen and oxygen atoms in total. The standard InChI is InChI=1S/C32H56N2O3/c1-3-4-5-6-7-8-9-10-11-12-13-14-15-16-17-18-19-20-21-25-31(35)34-30-24-22-23-29(28-30)32(36)33-26-27-37-2/h22-24,28H,3-21,25-27H2,1-2H3,(H,33,36)(H,34,35). The highest BCUT2D eigenvalue weighted by Crippen LogP contribution is 2.15. The van der Waals surface area contributed by atoms with Crippen LogP contribution in [0.15, 0.2) is 24.3 Å². The van der Waals surface area contributed by atoms with Crippen molar-refractivity contribution in [2.24, 2.45) is 0 Å². The third-order valence-electron chi connectivity index (χ3n) is 7.01. The van der Waals surface area contributed by atoms with E-state index < -0.39 is 0 Å². The first kappa shape index (κ1) is 33.1. The number of amides is 2. The zero-order valence-corrected chi connectivity index (χ0v) is 24.1. The molecule has 212 valence electrons. The van der Waals surface area contributed by atoms with Gasteiger partial charge in [0, 0.05) is 31.3 Å². The van der Waals surface area contributed by atoms with E-state index in [2.05, 4.69) is 17.6 Å². The molecule has 0 spiro atoms. The predicted molar refractivity (Wildman–Crippen MR) is 157 cm³/mol. The minimum atomic E-state index is -0.160. The van der Waals surface area contributed by atoms with E-state index in [0.29, 0.717) is 30.8 Å². The van der Waals surface area contributed by atoms with Crippen LogP contribution in [0.4, 0.5) is 5.69 Å². The lowest BCUT2D eigenvalue weighted by molar-refractivity contribution is -0.116. The maximum atomic E-state index is 12.3. The number of hydrogen-bond donors (Lipinski definition) is 2. The van der Waals surface area contributed by atoms with Gasteiger partial charge in [-0.2, -0.15) is 0 Å². The second-order valence-electron chi connectivity index (χ2n) is 10.5. The van der Waals surface area contributed by atoms with Crippen molar-refractivity contribution in [3.8, 4) is 0 Å². The van der Waals surface area contributed by atoms with Crippen molar-refractivity contribution in [3.05, 3.63) is 29.8 Å². The van der Waals surface area contributed by atoms with Gasteiger partial charge < -0.3 is 15.4 Å². The van der Waals surface area contributed by atoms with Gasteiger partial charge in [0.1, 0.15) is 0 Å². The molecular weight excluding hydrogens is 460 g/mol. The molecule has 0 radical (unpaired) electrons. The minimum absolute atomic E-state index is 0.0175. The Morgan fingerprint density at radius 2 is 1.19 bits per heavy atom. The summed E-state index contributed by atoms with van der Waals surface area (Å²) in [4.78, 5) is 24.4. The number of carbonyl (C=O) groups is 2. The molecule has 1 aromatic carbocycles. The minimum Gasteiger partial charge on any atom is -0.383 e. The van der Waals surface area contributed by atoms with Gasteiger partial charge >= 0.3 is 0 Å². The quantitative estimate of drug-likeness (QED) is 0.128. The molecule has 2 N–H and O–H groups in total. The summed E-state index contributed by atoms with van der Waals surface area (Å²) in [6.45, 7) is 3.22. The lowest BCUT2D eigenvalue weighted by atomic mass is 10.0. The molecule has 1 rings (SSSR count). The fourth-order valence-electron chi connectivity index (χ4n) is 4.69. The molecule has 0 saturated heterocycles. The summed E-state index contributed by atoms with van der Waals surface area (Å²) in [5, 5.41) is 5.71. The van der Waals surface area contributed by atoms with Gasteiger partial charge in [-0.05, 0) is 24.6 Å². The second kappa shape index (κ2) is 24.5. The van der Waals surface area contributed by atoms with E-state index in [9.17, 15) is 9.59 Å². The van der Waals surface area contributed by atoms with Crippen molar-refractivity contribution in [2.45, 2.75) is 135 Å². The van der Waals surface area contributed by atoms with Crippen molar-refractivity contribution in [2.75, 3.05) is 25.6 Å². The van der Waals surface area contributed by atoms with Gasteiger partial charge in [-0.1, -0.05) is 129 Å². The number of benzene rings is 1. The number of ether oxygens (including phenoxy) is 1. The van der Waals surface area contributed by atoms with Gasteiger partial charge in [0.05, 0.1) is 6.61 Å². The molecule has 0 aromatic heterocycles. The van der Waals surface area contributed by atoms with Crippen molar-refractivity contribution < 1.29 is 14.3 Å². The van der Waals surface area contributed by atoms with Crippen LogP contribution >= 0.6 is 0 Å². The smallest absolute Gasteiger partial charge is 0.251 e. The average Bonchev–Trinajstić information content (AvgIpc) is 2.90. The van der Waals surface area contributed by atoms with Crippen LogP contribution in [-0.4, -0.2) is 32.1 Å². The second-order valence-corrected chi connectivity index (χ2v) is 10.5. The normalized spacial score (nSPS) is 11.0. The summed E-state index contributed by atoms with van der Waals surface area (Å²) in [7, 11) is 1.60. The third kappa shape index (κ3) is 19.8. The van der Waals surface area contributed by atoms with Crippen molar-refractivity contribution in [1.82, 2.24) is 5.32 Å². The molecule has 0 atom stereocenters. The summed E-state index contributed by atoms with van der Waals surface area (Å²) in [6, 6.07) is 7.07. The van der Waals surface area contributed by atoms with Crippen LogP contribution in [0.1, 0.15) is 146 Å². The summed E-state index contributed by atoms with van der Waals surface area (Å²) < 4.78 is 4.95. The fraction of sp³-hybridized carbons (Fsp3) is 0.750. The molecule has 1 aromatic rings. The Balaban J connectivity index is 1.91.